The third-order valence-corrected chi connectivity index (χ3v) is 4.91. The van der Waals surface area contributed by atoms with Gasteiger partial charge < -0.3 is 10.1 Å². The van der Waals surface area contributed by atoms with Crippen molar-refractivity contribution in [2.45, 2.75) is 39.1 Å². The molecule has 0 saturated carbocycles. The van der Waals surface area contributed by atoms with Crippen LogP contribution in [0.2, 0.25) is 0 Å². The zero-order chi connectivity index (χ0) is 16.9. The second-order valence-electron chi connectivity index (χ2n) is 6.41. The summed E-state index contributed by atoms with van der Waals surface area (Å²) in [6.07, 6.45) is 0.526. The minimum atomic E-state index is -0.0142. The van der Waals surface area contributed by atoms with Gasteiger partial charge in [0.1, 0.15) is 0 Å². The van der Waals surface area contributed by atoms with E-state index >= 15 is 0 Å². The number of hydrogen-bond donors (Lipinski definition) is 1. The number of rotatable bonds is 5. The van der Waals surface area contributed by atoms with Gasteiger partial charge in [-0.15, -0.1) is 0 Å². The zero-order valence-electron chi connectivity index (χ0n) is 14.2. The average Bonchev–Trinajstić information content (AvgIpc) is 3.07. The highest BCUT2D eigenvalue weighted by atomic mass is 32.1. The molecule has 1 aromatic carbocycles. The van der Waals surface area contributed by atoms with E-state index in [-0.39, 0.29) is 18.1 Å². The van der Waals surface area contributed by atoms with Gasteiger partial charge in [-0.05, 0) is 36.4 Å². The molecule has 0 radical (unpaired) electrons. The van der Waals surface area contributed by atoms with Gasteiger partial charge in [0.25, 0.3) is 5.91 Å². The second-order valence-corrected chi connectivity index (χ2v) is 7.19. The number of benzene rings is 1. The fraction of sp³-hybridized carbons (Fsp3) is 0.421. The molecular formula is C19H24N2O2S. The Morgan fingerprint density at radius 1 is 1.21 bits per heavy atom. The smallest absolute Gasteiger partial charge is 0.252 e. The molecule has 1 N–H and O–H groups in total. The number of nitrogens with one attached hydrogen (secondary N) is 1. The number of nitrogens with zero attached hydrogens (tertiary/aromatic N) is 1. The Morgan fingerprint density at radius 2 is 1.92 bits per heavy atom. The van der Waals surface area contributed by atoms with Crippen LogP contribution < -0.4 is 5.32 Å². The summed E-state index contributed by atoms with van der Waals surface area (Å²) in [5.74, 6) is -0.0142. The maximum absolute atomic E-state index is 12.1. The number of ether oxygens (including phenoxy) is 1. The number of hydrogen-bond acceptors (Lipinski definition) is 4. The Balaban J connectivity index is 1.63. The van der Waals surface area contributed by atoms with E-state index in [1.54, 1.807) is 0 Å². The Morgan fingerprint density at radius 3 is 2.58 bits per heavy atom. The first-order valence-electron chi connectivity index (χ1n) is 8.37. The molecule has 2 atom stereocenters. The number of carbonyl (C=O) groups is 1. The van der Waals surface area contributed by atoms with Crippen molar-refractivity contribution in [1.82, 2.24) is 10.2 Å². The number of carbonyl (C=O) groups excluding carboxylic acids is 1. The second kappa shape index (κ2) is 7.92. The summed E-state index contributed by atoms with van der Waals surface area (Å²) in [5.41, 5.74) is 3.17. The fourth-order valence-corrected chi connectivity index (χ4v) is 3.85. The van der Waals surface area contributed by atoms with E-state index in [1.807, 2.05) is 22.9 Å². The van der Waals surface area contributed by atoms with Gasteiger partial charge in [0.2, 0.25) is 0 Å². The maximum atomic E-state index is 12.1. The summed E-state index contributed by atoms with van der Waals surface area (Å²) in [6.45, 7) is 7.58. The van der Waals surface area contributed by atoms with E-state index in [0.29, 0.717) is 6.54 Å². The van der Waals surface area contributed by atoms with Gasteiger partial charge in [-0.1, -0.05) is 24.3 Å². The summed E-state index contributed by atoms with van der Waals surface area (Å²) < 4.78 is 5.81. The van der Waals surface area contributed by atoms with Crippen LogP contribution >= 0.6 is 11.3 Å². The Bertz CT molecular complexity index is 662. The first-order valence-corrected chi connectivity index (χ1v) is 9.31. The third kappa shape index (κ3) is 4.44. The van der Waals surface area contributed by atoms with Crippen LogP contribution in [-0.2, 0) is 17.8 Å². The molecule has 1 saturated heterocycles. The van der Waals surface area contributed by atoms with E-state index in [9.17, 15) is 4.79 Å². The Labute approximate surface area is 147 Å². The van der Waals surface area contributed by atoms with E-state index in [1.165, 1.54) is 22.5 Å². The lowest BCUT2D eigenvalue weighted by molar-refractivity contribution is -0.0705. The standard InChI is InChI=1S/C19H24N2O2S/c1-14-10-21(11-15(2)23-14)12-17-6-4-3-5-16(17)9-20-19(22)18-7-8-24-13-18/h3-8,13-15H,9-12H2,1-2H3,(H,20,22)/t14-,15+. The molecule has 1 aliphatic rings. The third-order valence-electron chi connectivity index (χ3n) is 4.23. The van der Waals surface area contributed by atoms with E-state index < -0.39 is 0 Å². The van der Waals surface area contributed by atoms with Crippen molar-refractivity contribution in [2.24, 2.45) is 0 Å². The molecule has 0 bridgehead atoms. The van der Waals surface area contributed by atoms with Crippen molar-refractivity contribution in [1.29, 1.82) is 0 Å². The molecular weight excluding hydrogens is 320 g/mol. The van der Waals surface area contributed by atoms with Crippen molar-refractivity contribution in [3.63, 3.8) is 0 Å². The fourth-order valence-electron chi connectivity index (χ4n) is 3.21. The maximum Gasteiger partial charge on any atom is 0.252 e. The van der Waals surface area contributed by atoms with Crippen LogP contribution in [0.15, 0.2) is 41.1 Å². The van der Waals surface area contributed by atoms with Crippen molar-refractivity contribution < 1.29 is 9.53 Å². The average molecular weight is 344 g/mol. The van der Waals surface area contributed by atoms with Crippen molar-refractivity contribution in [2.75, 3.05) is 13.1 Å². The number of thiophene rings is 1. The van der Waals surface area contributed by atoms with Crippen LogP contribution in [0.3, 0.4) is 0 Å². The van der Waals surface area contributed by atoms with Gasteiger partial charge in [-0.2, -0.15) is 11.3 Å². The van der Waals surface area contributed by atoms with Gasteiger partial charge in [0.15, 0.2) is 0 Å². The molecule has 4 nitrogen and oxygen atoms in total. The van der Waals surface area contributed by atoms with E-state index in [0.717, 1.165) is 25.2 Å². The normalized spacial score (nSPS) is 21.6. The zero-order valence-corrected chi connectivity index (χ0v) is 15.0. The number of morpholine rings is 1. The van der Waals surface area contributed by atoms with Crippen LogP contribution in [0.25, 0.3) is 0 Å². The molecule has 0 spiro atoms. The molecule has 1 fully saturated rings. The lowest BCUT2D eigenvalue weighted by Crippen LogP contribution is -2.45. The van der Waals surface area contributed by atoms with Crippen molar-refractivity contribution in [3.05, 3.63) is 57.8 Å². The van der Waals surface area contributed by atoms with E-state index in [2.05, 4.69) is 42.3 Å². The molecule has 1 aromatic heterocycles. The molecule has 2 aromatic rings. The molecule has 5 heteroatoms. The topological polar surface area (TPSA) is 41.6 Å². The first-order chi connectivity index (χ1) is 11.6. The summed E-state index contributed by atoms with van der Waals surface area (Å²) in [4.78, 5) is 14.6. The monoisotopic (exact) mass is 344 g/mol. The summed E-state index contributed by atoms with van der Waals surface area (Å²) in [5, 5.41) is 6.81. The molecule has 2 heterocycles. The van der Waals surface area contributed by atoms with Crippen LogP contribution in [-0.4, -0.2) is 36.1 Å². The lowest BCUT2D eigenvalue weighted by atomic mass is 10.1. The highest BCUT2D eigenvalue weighted by Gasteiger charge is 2.22. The van der Waals surface area contributed by atoms with Crippen LogP contribution in [0, 0.1) is 0 Å². The minimum absolute atomic E-state index is 0.0142. The van der Waals surface area contributed by atoms with Gasteiger partial charge in [-0.25, -0.2) is 0 Å². The Kier molecular flexibility index (Phi) is 5.66. The predicted octanol–water partition coefficient (Wildman–Crippen LogP) is 3.29. The van der Waals surface area contributed by atoms with E-state index in [4.69, 9.17) is 4.74 Å². The molecule has 0 unspecified atom stereocenters. The molecule has 1 amide bonds. The predicted molar refractivity (Wildman–Crippen MR) is 97.2 cm³/mol. The summed E-state index contributed by atoms with van der Waals surface area (Å²) in [7, 11) is 0. The van der Waals surface area contributed by atoms with Gasteiger partial charge in [0.05, 0.1) is 12.2 Å². The minimum Gasteiger partial charge on any atom is -0.373 e. The van der Waals surface area contributed by atoms with Crippen molar-refractivity contribution >= 4 is 17.2 Å². The quantitative estimate of drug-likeness (QED) is 0.905. The SMILES string of the molecule is C[C@@H]1CN(Cc2ccccc2CNC(=O)c2ccsc2)C[C@H](C)O1. The first kappa shape index (κ1) is 17.1. The Hall–Kier alpha value is -1.69. The van der Waals surface area contributed by atoms with Crippen LogP contribution in [0.4, 0.5) is 0 Å². The molecule has 3 rings (SSSR count). The highest BCUT2D eigenvalue weighted by Crippen LogP contribution is 2.17. The highest BCUT2D eigenvalue weighted by molar-refractivity contribution is 7.08. The lowest BCUT2D eigenvalue weighted by Gasteiger charge is -2.35. The van der Waals surface area contributed by atoms with Crippen LogP contribution in [0.1, 0.15) is 35.3 Å². The molecule has 24 heavy (non-hydrogen) atoms. The van der Waals surface area contributed by atoms with Crippen molar-refractivity contribution in [3.8, 4) is 0 Å². The summed E-state index contributed by atoms with van der Waals surface area (Å²) in [6, 6.07) is 10.2. The molecule has 128 valence electrons. The number of amides is 1. The van der Waals surface area contributed by atoms with Gasteiger partial charge in [-0.3, -0.25) is 9.69 Å². The van der Waals surface area contributed by atoms with Gasteiger partial charge >= 0.3 is 0 Å². The summed E-state index contributed by atoms with van der Waals surface area (Å²) >= 11 is 1.54. The van der Waals surface area contributed by atoms with Gasteiger partial charge in [0, 0.05) is 37.1 Å². The molecule has 0 aliphatic carbocycles. The van der Waals surface area contributed by atoms with Crippen LogP contribution in [0.5, 0.6) is 0 Å². The molecule has 1 aliphatic heterocycles. The largest absolute Gasteiger partial charge is 0.373 e.